The summed E-state index contributed by atoms with van der Waals surface area (Å²) in [5.74, 6) is 0.218. The van der Waals surface area contributed by atoms with Crippen molar-refractivity contribution in [3.05, 3.63) is 30.1 Å². The molecule has 1 aliphatic heterocycles. The van der Waals surface area contributed by atoms with Crippen molar-refractivity contribution < 1.29 is 13.9 Å². The summed E-state index contributed by atoms with van der Waals surface area (Å²) in [4.78, 5) is 14.4. The van der Waals surface area contributed by atoms with Gasteiger partial charge in [0.25, 0.3) is 0 Å². The standard InChI is InChI=1S/C18H24FN5O2S/c1-12(2)20-16(25)13(3)27-18-22-21-17(23-7-9-26-10-8-23)24(18)15-6-4-5-14(19)11-15/h4-6,11-13H,7-10H2,1-3H3,(H,20,25)/t13-/m0/s1. The lowest BCUT2D eigenvalue weighted by atomic mass is 10.3. The minimum absolute atomic E-state index is 0.0607. The molecule has 9 heteroatoms. The molecule has 146 valence electrons. The van der Waals surface area contributed by atoms with Crippen LogP contribution in [0.25, 0.3) is 5.69 Å². The molecule has 0 saturated carbocycles. The summed E-state index contributed by atoms with van der Waals surface area (Å²) in [7, 11) is 0. The number of amides is 1. The summed E-state index contributed by atoms with van der Waals surface area (Å²) in [5.41, 5.74) is 0.625. The van der Waals surface area contributed by atoms with E-state index in [9.17, 15) is 9.18 Å². The van der Waals surface area contributed by atoms with E-state index >= 15 is 0 Å². The summed E-state index contributed by atoms with van der Waals surface area (Å²) in [5, 5.41) is 11.7. The topological polar surface area (TPSA) is 72.3 Å². The highest BCUT2D eigenvalue weighted by atomic mass is 32.2. The van der Waals surface area contributed by atoms with Gasteiger partial charge in [-0.1, -0.05) is 17.8 Å². The van der Waals surface area contributed by atoms with E-state index in [4.69, 9.17) is 4.74 Å². The van der Waals surface area contributed by atoms with E-state index < -0.39 is 0 Å². The second-order valence-electron chi connectivity index (χ2n) is 6.62. The third-order valence-electron chi connectivity index (χ3n) is 4.06. The Morgan fingerprint density at radius 1 is 1.26 bits per heavy atom. The number of hydrogen-bond donors (Lipinski definition) is 1. The summed E-state index contributed by atoms with van der Waals surface area (Å²) < 4.78 is 21.1. The van der Waals surface area contributed by atoms with Gasteiger partial charge in [-0.15, -0.1) is 10.2 Å². The zero-order chi connectivity index (χ0) is 19.4. The number of rotatable bonds is 6. The lowest BCUT2D eigenvalue weighted by Gasteiger charge is -2.28. The second kappa shape index (κ2) is 8.71. The highest BCUT2D eigenvalue weighted by Crippen LogP contribution is 2.30. The van der Waals surface area contributed by atoms with E-state index in [0.29, 0.717) is 43.1 Å². The fourth-order valence-electron chi connectivity index (χ4n) is 2.76. The van der Waals surface area contributed by atoms with Crippen molar-refractivity contribution in [1.82, 2.24) is 20.1 Å². The average molecular weight is 393 g/mol. The van der Waals surface area contributed by atoms with Crippen LogP contribution >= 0.6 is 11.8 Å². The minimum Gasteiger partial charge on any atom is -0.378 e. The van der Waals surface area contributed by atoms with Crippen LogP contribution in [0.3, 0.4) is 0 Å². The van der Waals surface area contributed by atoms with Gasteiger partial charge in [0, 0.05) is 19.1 Å². The second-order valence-corrected chi connectivity index (χ2v) is 7.93. The summed E-state index contributed by atoms with van der Waals surface area (Å²) >= 11 is 1.30. The first-order valence-corrected chi connectivity index (χ1v) is 9.84. The number of nitrogens with one attached hydrogen (secondary N) is 1. The van der Waals surface area contributed by atoms with Gasteiger partial charge < -0.3 is 15.0 Å². The Morgan fingerprint density at radius 3 is 2.67 bits per heavy atom. The summed E-state index contributed by atoms with van der Waals surface area (Å²) in [6.07, 6.45) is 0. The van der Waals surface area contributed by atoms with Crippen LogP contribution in [0.15, 0.2) is 29.4 Å². The van der Waals surface area contributed by atoms with Crippen molar-refractivity contribution in [3.63, 3.8) is 0 Å². The van der Waals surface area contributed by atoms with Crippen LogP contribution in [0.5, 0.6) is 0 Å². The number of hydrogen-bond acceptors (Lipinski definition) is 6. The zero-order valence-electron chi connectivity index (χ0n) is 15.7. The number of carbonyl (C=O) groups is 1. The number of aromatic nitrogens is 3. The Hall–Kier alpha value is -2.13. The van der Waals surface area contributed by atoms with Crippen LogP contribution in [0.4, 0.5) is 10.3 Å². The maximum absolute atomic E-state index is 13.8. The molecule has 1 amide bonds. The molecule has 0 bridgehead atoms. The number of benzene rings is 1. The molecule has 3 rings (SSSR count). The fourth-order valence-corrected chi connectivity index (χ4v) is 3.63. The van der Waals surface area contributed by atoms with Gasteiger partial charge in [0.15, 0.2) is 5.16 Å². The molecule has 0 unspecified atom stereocenters. The minimum atomic E-state index is -0.360. The van der Waals surface area contributed by atoms with Crippen LogP contribution in [-0.2, 0) is 9.53 Å². The fraction of sp³-hybridized carbons (Fsp3) is 0.500. The van der Waals surface area contributed by atoms with Gasteiger partial charge in [-0.2, -0.15) is 0 Å². The molecule has 0 aliphatic carbocycles. The molecule has 1 fully saturated rings. The van der Waals surface area contributed by atoms with Crippen LogP contribution in [0.2, 0.25) is 0 Å². The largest absolute Gasteiger partial charge is 0.378 e. The molecule has 2 heterocycles. The van der Waals surface area contributed by atoms with Crippen molar-refractivity contribution in [3.8, 4) is 5.69 Å². The van der Waals surface area contributed by atoms with Crippen LogP contribution in [-0.4, -0.2) is 58.3 Å². The van der Waals surface area contributed by atoms with Gasteiger partial charge >= 0.3 is 0 Å². The molecule has 1 aliphatic rings. The van der Waals surface area contributed by atoms with Crippen LogP contribution < -0.4 is 10.2 Å². The Morgan fingerprint density at radius 2 is 2.00 bits per heavy atom. The first-order valence-electron chi connectivity index (χ1n) is 8.97. The molecular weight excluding hydrogens is 369 g/mol. The normalized spacial score (nSPS) is 15.8. The van der Waals surface area contributed by atoms with Crippen molar-refractivity contribution in [2.75, 3.05) is 31.2 Å². The van der Waals surface area contributed by atoms with Crippen molar-refractivity contribution >= 4 is 23.6 Å². The van der Waals surface area contributed by atoms with E-state index in [0.717, 1.165) is 0 Å². The summed E-state index contributed by atoms with van der Waals surface area (Å²) in [6.45, 7) is 8.23. The van der Waals surface area contributed by atoms with E-state index in [-0.39, 0.29) is 23.0 Å². The van der Waals surface area contributed by atoms with Gasteiger partial charge in [-0.25, -0.2) is 4.39 Å². The molecule has 1 aromatic heterocycles. The molecule has 2 aromatic rings. The van der Waals surface area contributed by atoms with Crippen LogP contribution in [0, 0.1) is 5.82 Å². The van der Waals surface area contributed by atoms with Gasteiger partial charge in [0.2, 0.25) is 11.9 Å². The number of thioether (sulfide) groups is 1. The van der Waals surface area contributed by atoms with Crippen molar-refractivity contribution in [2.24, 2.45) is 0 Å². The molecule has 1 saturated heterocycles. The Balaban J connectivity index is 1.93. The summed E-state index contributed by atoms with van der Waals surface area (Å²) in [6, 6.07) is 6.35. The Labute approximate surface area is 162 Å². The van der Waals surface area contributed by atoms with Gasteiger partial charge in [0.05, 0.1) is 24.2 Å². The maximum atomic E-state index is 13.8. The van der Waals surface area contributed by atoms with Gasteiger partial charge in [0.1, 0.15) is 5.82 Å². The highest BCUT2D eigenvalue weighted by molar-refractivity contribution is 8.00. The molecular formula is C18H24FN5O2S. The van der Waals surface area contributed by atoms with Crippen molar-refractivity contribution in [2.45, 2.75) is 37.2 Å². The first-order chi connectivity index (χ1) is 13.0. The van der Waals surface area contributed by atoms with E-state index in [1.54, 1.807) is 16.7 Å². The predicted molar refractivity (Wildman–Crippen MR) is 103 cm³/mol. The highest BCUT2D eigenvalue weighted by Gasteiger charge is 2.25. The Bertz CT molecular complexity index is 792. The van der Waals surface area contributed by atoms with E-state index in [1.807, 2.05) is 20.8 Å². The zero-order valence-corrected chi connectivity index (χ0v) is 16.5. The molecule has 1 atom stereocenters. The Kier molecular flexibility index (Phi) is 6.33. The maximum Gasteiger partial charge on any atom is 0.233 e. The van der Waals surface area contributed by atoms with E-state index in [2.05, 4.69) is 20.4 Å². The average Bonchev–Trinajstić information content (AvgIpc) is 3.05. The third-order valence-corrected chi connectivity index (χ3v) is 5.10. The molecule has 27 heavy (non-hydrogen) atoms. The molecule has 0 spiro atoms. The number of carbonyl (C=O) groups excluding carboxylic acids is 1. The molecule has 1 N–H and O–H groups in total. The smallest absolute Gasteiger partial charge is 0.233 e. The molecule has 0 radical (unpaired) electrons. The number of halogens is 1. The number of morpholine rings is 1. The lowest BCUT2D eigenvalue weighted by Crippen LogP contribution is -2.38. The quantitative estimate of drug-likeness (QED) is 0.759. The monoisotopic (exact) mass is 393 g/mol. The molecule has 1 aromatic carbocycles. The van der Waals surface area contributed by atoms with Gasteiger partial charge in [-0.3, -0.25) is 9.36 Å². The number of anilines is 1. The van der Waals surface area contributed by atoms with E-state index in [1.165, 1.54) is 23.9 Å². The third kappa shape index (κ3) is 4.78. The number of ether oxygens (including phenoxy) is 1. The predicted octanol–water partition coefficient (Wildman–Crippen LogP) is 2.25. The lowest BCUT2D eigenvalue weighted by molar-refractivity contribution is -0.120. The van der Waals surface area contributed by atoms with Crippen LogP contribution in [0.1, 0.15) is 20.8 Å². The van der Waals surface area contributed by atoms with Gasteiger partial charge in [-0.05, 0) is 39.0 Å². The molecule has 7 nitrogen and oxygen atoms in total. The first kappa shape index (κ1) is 19.6. The SMILES string of the molecule is CC(C)NC(=O)[C@H](C)Sc1nnc(N2CCOCC2)n1-c1cccc(F)c1. The van der Waals surface area contributed by atoms with Crippen molar-refractivity contribution in [1.29, 1.82) is 0 Å². The number of nitrogens with zero attached hydrogens (tertiary/aromatic N) is 4.